The zero-order valence-electron chi connectivity index (χ0n) is 21.5. The van der Waals surface area contributed by atoms with E-state index in [0.717, 1.165) is 64.4 Å². The van der Waals surface area contributed by atoms with E-state index in [4.69, 9.17) is 16.6 Å². The molecule has 188 valence electrons. The van der Waals surface area contributed by atoms with Crippen LogP contribution in [-0.2, 0) is 11.2 Å². The van der Waals surface area contributed by atoms with Gasteiger partial charge in [0.05, 0.1) is 16.9 Å². The highest BCUT2D eigenvalue weighted by atomic mass is 35.5. The molecule has 36 heavy (non-hydrogen) atoms. The molecular formula is C30H35ClN4O. The summed E-state index contributed by atoms with van der Waals surface area (Å²) in [4.78, 5) is 21.4. The molecule has 0 unspecified atom stereocenters. The van der Waals surface area contributed by atoms with E-state index in [9.17, 15) is 4.79 Å². The van der Waals surface area contributed by atoms with Crippen molar-refractivity contribution in [1.82, 2.24) is 20.6 Å². The molecule has 0 aliphatic carbocycles. The van der Waals surface area contributed by atoms with Crippen molar-refractivity contribution in [1.29, 1.82) is 0 Å². The number of nitrogens with one attached hydrogen (secondary N) is 3. The molecule has 5 rings (SSSR count). The Morgan fingerprint density at radius 2 is 1.81 bits per heavy atom. The summed E-state index contributed by atoms with van der Waals surface area (Å²) in [5.41, 5.74) is 5.06. The van der Waals surface area contributed by atoms with Crippen LogP contribution in [0.1, 0.15) is 58.9 Å². The van der Waals surface area contributed by atoms with Crippen LogP contribution in [0.25, 0.3) is 33.2 Å². The summed E-state index contributed by atoms with van der Waals surface area (Å²) in [6.07, 6.45) is 3.87. The SMILES string of the molecule is CC1(C)CC(NC(=O)CCCc2c(-c3ccc4ccccc4n3)[nH]c3ccc(Cl)cc23)CC(C)(C)N1. The lowest BCUT2D eigenvalue weighted by molar-refractivity contribution is -0.122. The maximum Gasteiger partial charge on any atom is 0.220 e. The minimum Gasteiger partial charge on any atom is -0.353 e. The molecule has 3 N–H and O–H groups in total. The van der Waals surface area contributed by atoms with Crippen molar-refractivity contribution < 1.29 is 4.79 Å². The van der Waals surface area contributed by atoms with E-state index >= 15 is 0 Å². The number of carbonyl (C=O) groups excluding carboxylic acids is 1. The minimum absolute atomic E-state index is 0.00472. The molecule has 1 amide bonds. The number of amides is 1. The van der Waals surface area contributed by atoms with Crippen LogP contribution in [0, 0.1) is 0 Å². The number of benzene rings is 2. The number of H-pyrrole nitrogens is 1. The van der Waals surface area contributed by atoms with Gasteiger partial charge in [-0.3, -0.25) is 4.79 Å². The van der Waals surface area contributed by atoms with E-state index < -0.39 is 0 Å². The summed E-state index contributed by atoms with van der Waals surface area (Å²) >= 11 is 6.36. The molecule has 0 radical (unpaired) electrons. The molecule has 6 heteroatoms. The zero-order valence-corrected chi connectivity index (χ0v) is 22.3. The van der Waals surface area contributed by atoms with Crippen molar-refractivity contribution in [3.8, 4) is 11.4 Å². The lowest BCUT2D eigenvalue weighted by Gasteiger charge is -2.46. The van der Waals surface area contributed by atoms with E-state index in [0.29, 0.717) is 11.4 Å². The van der Waals surface area contributed by atoms with Gasteiger partial charge in [0.25, 0.3) is 0 Å². The molecule has 1 aliphatic rings. The number of hydrogen-bond acceptors (Lipinski definition) is 3. The Morgan fingerprint density at radius 1 is 1.06 bits per heavy atom. The fraction of sp³-hybridized carbons (Fsp3) is 0.400. The predicted molar refractivity (Wildman–Crippen MR) is 149 cm³/mol. The van der Waals surface area contributed by atoms with Gasteiger partial charge in [-0.2, -0.15) is 0 Å². The fourth-order valence-electron chi connectivity index (χ4n) is 6.05. The number of para-hydroxylation sites is 1. The molecule has 1 saturated heterocycles. The molecule has 0 spiro atoms. The first kappa shape index (κ1) is 24.8. The van der Waals surface area contributed by atoms with Crippen molar-refractivity contribution in [2.24, 2.45) is 0 Å². The maximum absolute atomic E-state index is 12.9. The number of rotatable bonds is 6. The van der Waals surface area contributed by atoms with Gasteiger partial charge < -0.3 is 15.6 Å². The van der Waals surface area contributed by atoms with Crippen LogP contribution in [0.15, 0.2) is 54.6 Å². The van der Waals surface area contributed by atoms with E-state index in [-0.39, 0.29) is 23.0 Å². The number of nitrogens with zero attached hydrogens (tertiary/aromatic N) is 1. The average molecular weight is 503 g/mol. The zero-order chi connectivity index (χ0) is 25.5. The third kappa shape index (κ3) is 5.42. The van der Waals surface area contributed by atoms with Crippen LogP contribution >= 0.6 is 11.6 Å². The summed E-state index contributed by atoms with van der Waals surface area (Å²) in [7, 11) is 0. The van der Waals surface area contributed by atoms with Crippen LogP contribution in [0.3, 0.4) is 0 Å². The van der Waals surface area contributed by atoms with Gasteiger partial charge in [-0.25, -0.2) is 4.98 Å². The smallest absolute Gasteiger partial charge is 0.220 e. The largest absolute Gasteiger partial charge is 0.353 e. The number of aryl methyl sites for hydroxylation is 1. The quantitative estimate of drug-likeness (QED) is 0.272. The Kier molecular flexibility index (Phi) is 6.56. The Bertz CT molecular complexity index is 1410. The molecule has 1 fully saturated rings. The van der Waals surface area contributed by atoms with Gasteiger partial charge in [0, 0.05) is 44.9 Å². The summed E-state index contributed by atoms with van der Waals surface area (Å²) in [6, 6.07) is 18.4. The monoisotopic (exact) mass is 502 g/mol. The summed E-state index contributed by atoms with van der Waals surface area (Å²) in [5.74, 6) is 0.122. The number of carbonyl (C=O) groups is 1. The molecule has 0 bridgehead atoms. The van der Waals surface area contributed by atoms with Crippen molar-refractivity contribution in [3.63, 3.8) is 0 Å². The lowest BCUT2D eigenvalue weighted by Crippen LogP contribution is -2.62. The average Bonchev–Trinajstić information content (AvgIpc) is 3.14. The highest BCUT2D eigenvalue weighted by Crippen LogP contribution is 2.33. The van der Waals surface area contributed by atoms with Crippen LogP contribution in [0.4, 0.5) is 0 Å². The van der Waals surface area contributed by atoms with Crippen LogP contribution < -0.4 is 10.6 Å². The summed E-state index contributed by atoms with van der Waals surface area (Å²) in [6.45, 7) is 8.82. The first-order valence-electron chi connectivity index (χ1n) is 12.8. The number of pyridine rings is 1. The number of aromatic amines is 1. The van der Waals surface area contributed by atoms with Gasteiger partial charge in [0.1, 0.15) is 0 Å². The fourth-order valence-corrected chi connectivity index (χ4v) is 6.23. The molecular weight excluding hydrogens is 468 g/mol. The van der Waals surface area contributed by atoms with E-state index in [1.54, 1.807) is 0 Å². The van der Waals surface area contributed by atoms with Gasteiger partial charge in [0.2, 0.25) is 5.91 Å². The Morgan fingerprint density at radius 3 is 2.58 bits per heavy atom. The topological polar surface area (TPSA) is 69.8 Å². The van der Waals surface area contributed by atoms with Crippen molar-refractivity contribution in [3.05, 3.63) is 65.2 Å². The molecule has 0 atom stereocenters. The van der Waals surface area contributed by atoms with Crippen molar-refractivity contribution in [2.45, 2.75) is 76.9 Å². The lowest BCUT2D eigenvalue weighted by atomic mass is 9.79. The Balaban J connectivity index is 1.34. The molecule has 2 aromatic heterocycles. The van der Waals surface area contributed by atoms with Crippen molar-refractivity contribution in [2.75, 3.05) is 0 Å². The Labute approximate surface area is 218 Å². The molecule has 1 aliphatic heterocycles. The van der Waals surface area contributed by atoms with Gasteiger partial charge in [-0.05, 0) is 89.3 Å². The third-order valence-electron chi connectivity index (χ3n) is 7.11. The van der Waals surface area contributed by atoms with Crippen LogP contribution in [0.5, 0.6) is 0 Å². The molecule has 2 aromatic carbocycles. The summed E-state index contributed by atoms with van der Waals surface area (Å²) in [5, 5.41) is 9.89. The second-order valence-corrected chi connectivity index (χ2v) is 11.9. The second-order valence-electron chi connectivity index (χ2n) is 11.5. The first-order valence-corrected chi connectivity index (χ1v) is 13.2. The molecule has 0 saturated carbocycles. The highest BCUT2D eigenvalue weighted by Gasteiger charge is 2.38. The minimum atomic E-state index is 0.00472. The highest BCUT2D eigenvalue weighted by molar-refractivity contribution is 6.31. The number of fused-ring (bicyclic) bond motifs is 2. The van der Waals surface area contributed by atoms with Crippen molar-refractivity contribution >= 4 is 39.3 Å². The normalized spacial score (nSPS) is 17.5. The van der Waals surface area contributed by atoms with Crippen LogP contribution in [-0.4, -0.2) is 33.0 Å². The predicted octanol–water partition coefficient (Wildman–Crippen LogP) is 6.78. The van der Waals surface area contributed by atoms with E-state index in [1.165, 1.54) is 0 Å². The van der Waals surface area contributed by atoms with Gasteiger partial charge in [-0.15, -0.1) is 0 Å². The van der Waals surface area contributed by atoms with Gasteiger partial charge in [-0.1, -0.05) is 35.9 Å². The van der Waals surface area contributed by atoms with E-state index in [2.05, 4.69) is 61.5 Å². The van der Waals surface area contributed by atoms with E-state index in [1.807, 2.05) is 36.4 Å². The number of halogens is 1. The maximum atomic E-state index is 12.9. The number of aromatic nitrogens is 2. The number of piperidine rings is 1. The van der Waals surface area contributed by atoms with Gasteiger partial charge >= 0.3 is 0 Å². The standard InChI is InChI=1S/C30H35ClN4O/c1-29(2)17-21(18-30(3,4)35-29)32-27(36)11-7-9-22-23-16-20(31)13-15-25(23)34-28(22)26-14-12-19-8-5-6-10-24(19)33-26/h5-6,8,10,12-16,21,34-35H,7,9,11,17-18H2,1-4H3,(H,32,36). The second kappa shape index (κ2) is 9.53. The molecule has 4 aromatic rings. The van der Waals surface area contributed by atoms with Crippen LogP contribution in [0.2, 0.25) is 5.02 Å². The molecule has 5 nitrogen and oxygen atoms in total. The summed E-state index contributed by atoms with van der Waals surface area (Å²) < 4.78 is 0. The Hall–Kier alpha value is -2.89. The molecule has 3 heterocycles. The van der Waals surface area contributed by atoms with Gasteiger partial charge in [0.15, 0.2) is 0 Å². The third-order valence-corrected chi connectivity index (χ3v) is 7.34. The number of hydrogen-bond donors (Lipinski definition) is 3. The first-order chi connectivity index (χ1) is 17.1.